The SMILES string of the molecule is O=C(NCCOc1cccc(F)c1)Nc1ccc(N2CCCC2)cc1. The second-order valence-electron chi connectivity index (χ2n) is 5.93. The molecule has 132 valence electrons. The number of hydrogen-bond donors (Lipinski definition) is 2. The Morgan fingerprint density at radius 2 is 1.88 bits per heavy atom. The van der Waals surface area contributed by atoms with Crippen LogP contribution < -0.4 is 20.3 Å². The molecule has 25 heavy (non-hydrogen) atoms. The molecule has 1 aliphatic rings. The molecule has 0 radical (unpaired) electrons. The maximum absolute atomic E-state index is 13.0. The predicted molar refractivity (Wildman–Crippen MR) is 96.8 cm³/mol. The summed E-state index contributed by atoms with van der Waals surface area (Å²) in [4.78, 5) is 14.2. The lowest BCUT2D eigenvalue weighted by Crippen LogP contribution is -2.32. The van der Waals surface area contributed by atoms with Crippen molar-refractivity contribution in [1.29, 1.82) is 0 Å². The first kappa shape index (κ1) is 17.1. The fourth-order valence-electron chi connectivity index (χ4n) is 2.80. The molecule has 0 aromatic heterocycles. The Morgan fingerprint density at radius 3 is 2.60 bits per heavy atom. The molecule has 2 amide bonds. The molecule has 5 nitrogen and oxygen atoms in total. The molecule has 0 spiro atoms. The first-order chi connectivity index (χ1) is 12.2. The molecule has 2 N–H and O–H groups in total. The first-order valence-electron chi connectivity index (χ1n) is 8.49. The van der Waals surface area contributed by atoms with Crippen LogP contribution in [0.25, 0.3) is 0 Å². The van der Waals surface area contributed by atoms with Gasteiger partial charge < -0.3 is 20.3 Å². The van der Waals surface area contributed by atoms with Crippen molar-refractivity contribution in [2.24, 2.45) is 0 Å². The number of halogens is 1. The minimum Gasteiger partial charge on any atom is -0.492 e. The molecular formula is C19H22FN3O2. The molecule has 3 rings (SSSR count). The smallest absolute Gasteiger partial charge is 0.319 e. The lowest BCUT2D eigenvalue weighted by atomic mass is 10.2. The summed E-state index contributed by atoms with van der Waals surface area (Å²) in [5, 5.41) is 5.49. The predicted octanol–water partition coefficient (Wildman–Crippen LogP) is 3.63. The van der Waals surface area contributed by atoms with E-state index < -0.39 is 0 Å². The molecular weight excluding hydrogens is 321 g/mol. The van der Waals surface area contributed by atoms with Crippen molar-refractivity contribution in [3.05, 3.63) is 54.3 Å². The van der Waals surface area contributed by atoms with Crippen LogP contribution in [0.3, 0.4) is 0 Å². The van der Waals surface area contributed by atoms with Crippen molar-refractivity contribution in [2.45, 2.75) is 12.8 Å². The molecule has 1 heterocycles. The summed E-state index contributed by atoms with van der Waals surface area (Å²) in [6.45, 7) is 2.79. The molecule has 2 aromatic rings. The number of carbonyl (C=O) groups excluding carboxylic acids is 1. The van der Waals surface area contributed by atoms with E-state index in [0.29, 0.717) is 12.3 Å². The lowest BCUT2D eigenvalue weighted by molar-refractivity contribution is 0.247. The topological polar surface area (TPSA) is 53.6 Å². The zero-order valence-electron chi connectivity index (χ0n) is 14.0. The Kier molecular flexibility index (Phi) is 5.72. The number of anilines is 2. The van der Waals surface area contributed by atoms with Crippen molar-refractivity contribution in [3.8, 4) is 5.75 Å². The Hall–Kier alpha value is -2.76. The number of nitrogens with zero attached hydrogens (tertiary/aromatic N) is 1. The van der Waals surface area contributed by atoms with E-state index in [4.69, 9.17) is 4.74 Å². The number of nitrogens with one attached hydrogen (secondary N) is 2. The quantitative estimate of drug-likeness (QED) is 0.788. The second kappa shape index (κ2) is 8.37. The van der Waals surface area contributed by atoms with Gasteiger partial charge in [-0.3, -0.25) is 0 Å². The van der Waals surface area contributed by atoms with Crippen molar-refractivity contribution >= 4 is 17.4 Å². The van der Waals surface area contributed by atoms with E-state index >= 15 is 0 Å². The van der Waals surface area contributed by atoms with Gasteiger partial charge in [-0.15, -0.1) is 0 Å². The maximum Gasteiger partial charge on any atom is 0.319 e. The average molecular weight is 343 g/mol. The molecule has 0 saturated carbocycles. The maximum atomic E-state index is 13.0. The van der Waals surface area contributed by atoms with Gasteiger partial charge in [0.1, 0.15) is 18.2 Å². The number of rotatable bonds is 6. The monoisotopic (exact) mass is 343 g/mol. The van der Waals surface area contributed by atoms with Gasteiger partial charge in [-0.2, -0.15) is 0 Å². The Morgan fingerprint density at radius 1 is 1.12 bits per heavy atom. The van der Waals surface area contributed by atoms with E-state index in [1.54, 1.807) is 12.1 Å². The Bertz CT molecular complexity index is 700. The molecule has 0 bridgehead atoms. The average Bonchev–Trinajstić information content (AvgIpc) is 3.14. The highest BCUT2D eigenvalue weighted by Crippen LogP contribution is 2.21. The van der Waals surface area contributed by atoms with Crippen LogP contribution in [-0.2, 0) is 0 Å². The van der Waals surface area contributed by atoms with Crippen LogP contribution in [0.1, 0.15) is 12.8 Å². The van der Waals surface area contributed by atoms with E-state index in [9.17, 15) is 9.18 Å². The third-order valence-corrected chi connectivity index (χ3v) is 4.05. The molecule has 0 aliphatic carbocycles. The first-order valence-corrected chi connectivity index (χ1v) is 8.49. The van der Waals surface area contributed by atoms with Crippen LogP contribution in [0.2, 0.25) is 0 Å². The summed E-state index contributed by atoms with van der Waals surface area (Å²) < 4.78 is 18.4. The highest BCUT2D eigenvalue weighted by molar-refractivity contribution is 5.89. The molecule has 1 saturated heterocycles. The van der Waals surface area contributed by atoms with Gasteiger partial charge in [-0.1, -0.05) is 6.07 Å². The molecule has 1 fully saturated rings. The van der Waals surface area contributed by atoms with Crippen LogP contribution in [0.15, 0.2) is 48.5 Å². The van der Waals surface area contributed by atoms with Crippen LogP contribution in [0.5, 0.6) is 5.75 Å². The van der Waals surface area contributed by atoms with Gasteiger partial charge in [-0.05, 0) is 49.2 Å². The van der Waals surface area contributed by atoms with E-state index in [-0.39, 0.29) is 18.5 Å². The lowest BCUT2D eigenvalue weighted by Gasteiger charge is -2.17. The second-order valence-corrected chi connectivity index (χ2v) is 5.93. The van der Waals surface area contributed by atoms with Gasteiger partial charge in [0.15, 0.2) is 0 Å². The van der Waals surface area contributed by atoms with Gasteiger partial charge >= 0.3 is 6.03 Å². The highest BCUT2D eigenvalue weighted by atomic mass is 19.1. The normalized spacial score (nSPS) is 13.6. The summed E-state index contributed by atoms with van der Waals surface area (Å²) in [6, 6.07) is 13.5. The van der Waals surface area contributed by atoms with E-state index in [1.165, 1.54) is 30.7 Å². The number of urea groups is 1. The molecule has 0 atom stereocenters. The highest BCUT2D eigenvalue weighted by Gasteiger charge is 2.12. The minimum absolute atomic E-state index is 0.269. The van der Waals surface area contributed by atoms with Gasteiger partial charge in [0.2, 0.25) is 0 Å². The zero-order valence-corrected chi connectivity index (χ0v) is 14.0. The third-order valence-electron chi connectivity index (χ3n) is 4.05. The zero-order chi connectivity index (χ0) is 17.5. The van der Waals surface area contributed by atoms with Crippen LogP contribution >= 0.6 is 0 Å². The number of carbonyl (C=O) groups is 1. The molecule has 1 aliphatic heterocycles. The summed E-state index contributed by atoms with van der Waals surface area (Å²) in [6.07, 6.45) is 2.47. The van der Waals surface area contributed by atoms with Crippen molar-refractivity contribution in [2.75, 3.05) is 36.5 Å². The number of ether oxygens (including phenoxy) is 1. The largest absolute Gasteiger partial charge is 0.492 e. The third kappa shape index (κ3) is 5.11. The molecule has 2 aromatic carbocycles. The fourth-order valence-corrected chi connectivity index (χ4v) is 2.80. The summed E-state index contributed by atoms with van der Waals surface area (Å²) in [5.74, 6) is 0.0975. The molecule has 6 heteroatoms. The van der Waals surface area contributed by atoms with E-state index in [1.807, 2.05) is 24.3 Å². The molecule has 0 unspecified atom stereocenters. The van der Waals surface area contributed by atoms with Crippen molar-refractivity contribution in [3.63, 3.8) is 0 Å². The number of hydrogen-bond acceptors (Lipinski definition) is 3. The van der Waals surface area contributed by atoms with E-state index in [2.05, 4.69) is 15.5 Å². The van der Waals surface area contributed by atoms with Crippen LogP contribution in [0, 0.1) is 5.82 Å². The summed E-state index contributed by atoms with van der Waals surface area (Å²) >= 11 is 0. The minimum atomic E-state index is -0.347. The fraction of sp³-hybridized carbons (Fsp3) is 0.316. The van der Waals surface area contributed by atoms with Crippen LogP contribution in [-0.4, -0.2) is 32.3 Å². The summed E-state index contributed by atoms with van der Waals surface area (Å²) in [7, 11) is 0. The van der Waals surface area contributed by atoms with Gasteiger partial charge in [0, 0.05) is 30.5 Å². The van der Waals surface area contributed by atoms with Crippen molar-refractivity contribution in [1.82, 2.24) is 5.32 Å². The number of benzene rings is 2. The van der Waals surface area contributed by atoms with Gasteiger partial charge in [0.05, 0.1) is 6.54 Å². The Balaban J connectivity index is 1.38. The van der Waals surface area contributed by atoms with Crippen molar-refractivity contribution < 1.29 is 13.9 Å². The van der Waals surface area contributed by atoms with Crippen LogP contribution in [0.4, 0.5) is 20.6 Å². The summed E-state index contributed by atoms with van der Waals surface area (Å²) in [5.41, 5.74) is 1.93. The Labute approximate surface area is 146 Å². The van der Waals surface area contributed by atoms with Gasteiger partial charge in [-0.25, -0.2) is 9.18 Å². The van der Waals surface area contributed by atoms with E-state index in [0.717, 1.165) is 18.8 Å². The standard InChI is InChI=1S/C19H22FN3O2/c20-15-4-3-5-18(14-15)25-13-10-21-19(24)22-16-6-8-17(9-7-16)23-11-1-2-12-23/h3-9,14H,1-2,10-13H2,(H2,21,22,24). The van der Waals surface area contributed by atoms with Gasteiger partial charge in [0.25, 0.3) is 0 Å². The number of amides is 2.